The van der Waals surface area contributed by atoms with E-state index in [0.29, 0.717) is 31.7 Å². The number of halogens is 1. The van der Waals surface area contributed by atoms with Gasteiger partial charge in [0.15, 0.2) is 0 Å². The average molecular weight is 374 g/mol. The Morgan fingerprint density at radius 2 is 2.19 bits per heavy atom. The number of nitrogens with zero attached hydrogens (tertiary/aromatic N) is 3. The number of hydrogen-bond acceptors (Lipinski definition) is 5. The number of nitrogens with one attached hydrogen (secondary N) is 1. The Labute approximate surface area is 154 Å². The SMILES string of the molecule is O=C(C1C=C(c2cn[nH]c2)SC1)N1CCC(O)(c2ccncc2F)CC1. The van der Waals surface area contributed by atoms with E-state index in [1.165, 1.54) is 12.3 Å². The molecule has 1 atom stereocenters. The van der Waals surface area contributed by atoms with Crippen molar-refractivity contribution in [1.82, 2.24) is 20.1 Å². The Morgan fingerprint density at radius 1 is 1.38 bits per heavy atom. The fourth-order valence-corrected chi connectivity index (χ4v) is 4.66. The minimum absolute atomic E-state index is 0.0632. The topological polar surface area (TPSA) is 82.1 Å². The van der Waals surface area contributed by atoms with Crippen LogP contribution in [0.5, 0.6) is 0 Å². The van der Waals surface area contributed by atoms with E-state index >= 15 is 0 Å². The van der Waals surface area contributed by atoms with E-state index in [1.807, 2.05) is 12.3 Å². The number of carbonyl (C=O) groups excluding carboxylic acids is 1. The molecule has 0 spiro atoms. The first-order valence-electron chi connectivity index (χ1n) is 8.52. The Morgan fingerprint density at radius 3 is 2.88 bits per heavy atom. The van der Waals surface area contributed by atoms with Crippen molar-refractivity contribution >= 4 is 22.6 Å². The third kappa shape index (κ3) is 3.14. The molecule has 136 valence electrons. The summed E-state index contributed by atoms with van der Waals surface area (Å²) >= 11 is 1.65. The van der Waals surface area contributed by atoms with Gasteiger partial charge < -0.3 is 10.0 Å². The van der Waals surface area contributed by atoms with Crippen molar-refractivity contribution in [2.45, 2.75) is 18.4 Å². The molecular weight excluding hydrogens is 355 g/mol. The first-order chi connectivity index (χ1) is 12.6. The first-order valence-corrected chi connectivity index (χ1v) is 9.50. The number of aromatic amines is 1. The number of hydrogen-bond donors (Lipinski definition) is 2. The van der Waals surface area contributed by atoms with Gasteiger partial charge >= 0.3 is 0 Å². The zero-order valence-corrected chi connectivity index (χ0v) is 14.9. The van der Waals surface area contributed by atoms with Crippen LogP contribution in [0.15, 0.2) is 36.9 Å². The summed E-state index contributed by atoms with van der Waals surface area (Å²) in [6, 6.07) is 1.51. The molecular formula is C18H19FN4O2S. The van der Waals surface area contributed by atoms with E-state index in [2.05, 4.69) is 15.2 Å². The second-order valence-corrected chi connectivity index (χ2v) is 7.71. The monoisotopic (exact) mass is 374 g/mol. The van der Waals surface area contributed by atoms with Gasteiger partial charge in [-0.25, -0.2) is 4.39 Å². The molecule has 4 rings (SSSR count). The predicted molar refractivity (Wildman–Crippen MR) is 96.4 cm³/mol. The van der Waals surface area contributed by atoms with Gasteiger partial charge in [0.2, 0.25) is 5.91 Å². The number of H-pyrrole nitrogens is 1. The zero-order valence-electron chi connectivity index (χ0n) is 14.1. The summed E-state index contributed by atoms with van der Waals surface area (Å²) in [6.45, 7) is 0.820. The van der Waals surface area contributed by atoms with Gasteiger partial charge in [-0.05, 0) is 18.9 Å². The molecule has 1 saturated heterocycles. The number of aromatic nitrogens is 3. The molecule has 0 saturated carbocycles. The van der Waals surface area contributed by atoms with E-state index in [1.54, 1.807) is 22.9 Å². The summed E-state index contributed by atoms with van der Waals surface area (Å²) in [5.41, 5.74) is 0.0103. The molecule has 1 unspecified atom stereocenters. The maximum Gasteiger partial charge on any atom is 0.230 e. The fourth-order valence-electron chi connectivity index (χ4n) is 3.52. The maximum absolute atomic E-state index is 14.0. The zero-order chi connectivity index (χ0) is 18.1. The lowest BCUT2D eigenvalue weighted by molar-refractivity contribution is -0.138. The second kappa shape index (κ2) is 6.85. The van der Waals surface area contributed by atoms with Crippen molar-refractivity contribution in [3.05, 3.63) is 53.9 Å². The molecule has 0 radical (unpaired) electrons. The molecule has 2 N–H and O–H groups in total. The average Bonchev–Trinajstić information content (AvgIpc) is 3.33. The molecule has 0 bridgehead atoms. The van der Waals surface area contributed by atoms with Crippen LogP contribution in [0.4, 0.5) is 4.39 Å². The number of rotatable bonds is 3. The molecule has 1 fully saturated rings. The van der Waals surface area contributed by atoms with Crippen molar-refractivity contribution in [3.8, 4) is 0 Å². The van der Waals surface area contributed by atoms with Gasteiger partial charge in [0, 0.05) is 47.3 Å². The highest BCUT2D eigenvalue weighted by molar-refractivity contribution is 8.08. The quantitative estimate of drug-likeness (QED) is 0.860. The summed E-state index contributed by atoms with van der Waals surface area (Å²) in [4.78, 5) is 19.4. The van der Waals surface area contributed by atoms with E-state index < -0.39 is 11.4 Å². The van der Waals surface area contributed by atoms with Gasteiger partial charge in [0.25, 0.3) is 0 Å². The highest BCUT2D eigenvalue weighted by Crippen LogP contribution is 2.39. The highest BCUT2D eigenvalue weighted by atomic mass is 32.2. The van der Waals surface area contributed by atoms with Crippen LogP contribution in [0.1, 0.15) is 24.0 Å². The molecule has 26 heavy (non-hydrogen) atoms. The van der Waals surface area contributed by atoms with Crippen molar-refractivity contribution in [2.24, 2.45) is 5.92 Å². The van der Waals surface area contributed by atoms with Crippen molar-refractivity contribution < 1.29 is 14.3 Å². The lowest BCUT2D eigenvalue weighted by atomic mass is 9.84. The molecule has 0 aliphatic carbocycles. The van der Waals surface area contributed by atoms with Crippen LogP contribution in [0.25, 0.3) is 4.91 Å². The number of likely N-dealkylation sites (tertiary alicyclic amines) is 1. The summed E-state index contributed by atoms with van der Waals surface area (Å²) < 4.78 is 14.0. The van der Waals surface area contributed by atoms with Crippen LogP contribution in [-0.2, 0) is 10.4 Å². The van der Waals surface area contributed by atoms with E-state index in [4.69, 9.17) is 0 Å². The second-order valence-electron chi connectivity index (χ2n) is 6.65. The van der Waals surface area contributed by atoms with E-state index in [0.717, 1.165) is 16.7 Å². The number of pyridine rings is 1. The standard InChI is InChI=1S/C18H19FN4O2S/c19-15-10-20-4-1-14(15)18(25)2-5-23(6-3-18)17(24)12-7-16(26-11-12)13-8-21-22-9-13/h1,4,7-10,12,25H,2-3,5-6,11H2,(H,21,22). The highest BCUT2D eigenvalue weighted by Gasteiger charge is 2.39. The molecule has 1 amide bonds. The lowest BCUT2D eigenvalue weighted by Crippen LogP contribution is -2.47. The molecule has 4 heterocycles. The summed E-state index contributed by atoms with van der Waals surface area (Å²) in [5, 5.41) is 17.5. The number of aliphatic hydroxyl groups is 1. The molecule has 0 aromatic carbocycles. The minimum Gasteiger partial charge on any atom is -0.385 e. The summed E-state index contributed by atoms with van der Waals surface area (Å²) in [5.74, 6) is 0.0932. The van der Waals surface area contributed by atoms with Gasteiger partial charge in [0.1, 0.15) is 5.82 Å². The summed E-state index contributed by atoms with van der Waals surface area (Å²) in [6.07, 6.45) is 8.78. The smallest absolute Gasteiger partial charge is 0.230 e. The third-order valence-electron chi connectivity index (χ3n) is 5.05. The molecule has 2 aliphatic rings. The normalized spacial score (nSPS) is 22.3. The number of piperidine rings is 1. The van der Waals surface area contributed by atoms with E-state index in [9.17, 15) is 14.3 Å². The summed E-state index contributed by atoms with van der Waals surface area (Å²) in [7, 11) is 0. The van der Waals surface area contributed by atoms with Gasteiger partial charge in [-0.2, -0.15) is 5.10 Å². The van der Waals surface area contributed by atoms with Crippen LogP contribution >= 0.6 is 11.8 Å². The Hall–Kier alpha value is -2.19. The number of thioether (sulfide) groups is 1. The predicted octanol–water partition coefficient (Wildman–Crippen LogP) is 2.16. The van der Waals surface area contributed by atoms with Crippen molar-refractivity contribution in [2.75, 3.05) is 18.8 Å². The number of amides is 1. The van der Waals surface area contributed by atoms with Crippen LogP contribution < -0.4 is 0 Å². The van der Waals surface area contributed by atoms with Crippen LogP contribution in [0, 0.1) is 11.7 Å². The Balaban J connectivity index is 1.42. The van der Waals surface area contributed by atoms with Gasteiger partial charge in [-0.3, -0.25) is 14.9 Å². The van der Waals surface area contributed by atoms with Crippen molar-refractivity contribution in [3.63, 3.8) is 0 Å². The van der Waals surface area contributed by atoms with Gasteiger partial charge in [-0.1, -0.05) is 6.08 Å². The number of carbonyl (C=O) groups is 1. The van der Waals surface area contributed by atoms with Crippen molar-refractivity contribution in [1.29, 1.82) is 0 Å². The van der Waals surface area contributed by atoms with Crippen LogP contribution in [0.3, 0.4) is 0 Å². The molecule has 6 nitrogen and oxygen atoms in total. The molecule has 2 aliphatic heterocycles. The maximum atomic E-state index is 14.0. The third-order valence-corrected chi connectivity index (χ3v) is 6.26. The largest absolute Gasteiger partial charge is 0.385 e. The first kappa shape index (κ1) is 17.2. The van der Waals surface area contributed by atoms with E-state index in [-0.39, 0.29) is 17.4 Å². The fraction of sp³-hybridized carbons (Fsp3) is 0.389. The molecule has 8 heteroatoms. The van der Waals surface area contributed by atoms with Crippen LogP contribution in [-0.4, -0.2) is 49.9 Å². The Bertz CT molecular complexity index is 831. The van der Waals surface area contributed by atoms with Gasteiger partial charge in [-0.15, -0.1) is 11.8 Å². The molecule has 2 aromatic rings. The Kier molecular flexibility index (Phi) is 4.54. The lowest BCUT2D eigenvalue weighted by Gasteiger charge is -2.39. The molecule has 2 aromatic heterocycles. The minimum atomic E-state index is -1.24. The van der Waals surface area contributed by atoms with Gasteiger partial charge in [0.05, 0.1) is 23.9 Å². The van der Waals surface area contributed by atoms with Crippen LogP contribution in [0.2, 0.25) is 0 Å².